The summed E-state index contributed by atoms with van der Waals surface area (Å²) in [5, 5.41) is 2.89. The van der Waals surface area contributed by atoms with E-state index in [4.69, 9.17) is 10.5 Å². The van der Waals surface area contributed by atoms with Gasteiger partial charge in [0.1, 0.15) is 5.75 Å². The molecule has 1 amide bonds. The number of benzene rings is 1. The first-order chi connectivity index (χ1) is 9.36. The largest absolute Gasteiger partial charge is 0.491 e. The van der Waals surface area contributed by atoms with Crippen molar-refractivity contribution in [2.45, 2.75) is 58.7 Å². The van der Waals surface area contributed by atoms with E-state index < -0.39 is 5.54 Å². The molecule has 0 aliphatic carbocycles. The van der Waals surface area contributed by atoms with Crippen LogP contribution in [0.2, 0.25) is 0 Å². The van der Waals surface area contributed by atoms with Crippen LogP contribution in [0.1, 0.15) is 46.1 Å². The maximum absolute atomic E-state index is 12.1. The van der Waals surface area contributed by atoms with Crippen LogP contribution in [0.15, 0.2) is 24.3 Å². The van der Waals surface area contributed by atoms with Gasteiger partial charge >= 0.3 is 0 Å². The second kappa shape index (κ2) is 8.90. The van der Waals surface area contributed by atoms with E-state index in [0.717, 1.165) is 17.7 Å². The Morgan fingerprint density at radius 1 is 1.38 bits per heavy atom. The van der Waals surface area contributed by atoms with Crippen molar-refractivity contribution in [2.75, 3.05) is 0 Å². The zero-order chi connectivity index (χ0) is 15.2. The average Bonchev–Trinajstić information content (AvgIpc) is 2.36. The maximum Gasteiger partial charge on any atom is 0.240 e. The van der Waals surface area contributed by atoms with Gasteiger partial charge in [-0.3, -0.25) is 4.79 Å². The van der Waals surface area contributed by atoms with Crippen molar-refractivity contribution in [3.63, 3.8) is 0 Å². The third-order valence-corrected chi connectivity index (χ3v) is 3.06. The summed E-state index contributed by atoms with van der Waals surface area (Å²) < 4.78 is 5.73. The maximum atomic E-state index is 12.1. The standard InChI is InChI=1S/C16H26N2O2.ClH/c1-5-10-16(4,17)15(19)18-11-13-8-6-7-9-14(13)20-12(2)3;/h6-9,12H,5,10-11,17H2,1-4H3,(H,18,19);1H. The lowest BCUT2D eigenvalue weighted by Gasteiger charge is -2.23. The summed E-state index contributed by atoms with van der Waals surface area (Å²) in [6.07, 6.45) is 1.66. The molecule has 4 nitrogen and oxygen atoms in total. The van der Waals surface area contributed by atoms with Crippen LogP contribution in [0.5, 0.6) is 5.75 Å². The van der Waals surface area contributed by atoms with Gasteiger partial charge in [0.2, 0.25) is 5.91 Å². The molecule has 0 radical (unpaired) electrons. The van der Waals surface area contributed by atoms with Crippen LogP contribution in [0.4, 0.5) is 0 Å². The Morgan fingerprint density at radius 3 is 2.57 bits per heavy atom. The Hall–Kier alpha value is -1.26. The minimum Gasteiger partial charge on any atom is -0.491 e. The molecule has 0 aromatic heterocycles. The lowest BCUT2D eigenvalue weighted by Crippen LogP contribution is -2.51. The number of carbonyl (C=O) groups is 1. The van der Waals surface area contributed by atoms with Gasteiger partial charge in [0.15, 0.2) is 0 Å². The van der Waals surface area contributed by atoms with E-state index in [1.54, 1.807) is 6.92 Å². The second-order valence-electron chi connectivity index (χ2n) is 5.62. The molecule has 0 bridgehead atoms. The van der Waals surface area contributed by atoms with Gasteiger partial charge in [-0.15, -0.1) is 12.4 Å². The molecule has 1 aromatic carbocycles. The first-order valence-corrected chi connectivity index (χ1v) is 7.18. The fraction of sp³-hybridized carbons (Fsp3) is 0.562. The van der Waals surface area contributed by atoms with Gasteiger partial charge in [0, 0.05) is 12.1 Å². The van der Waals surface area contributed by atoms with Gasteiger partial charge in [-0.05, 0) is 33.3 Å². The predicted octanol–water partition coefficient (Wildman–Crippen LogP) is 3.03. The molecule has 0 aliphatic rings. The van der Waals surface area contributed by atoms with E-state index in [2.05, 4.69) is 5.32 Å². The van der Waals surface area contributed by atoms with Gasteiger partial charge in [-0.2, -0.15) is 0 Å². The highest BCUT2D eigenvalue weighted by atomic mass is 35.5. The number of amides is 1. The summed E-state index contributed by atoms with van der Waals surface area (Å²) in [6.45, 7) is 8.17. The Balaban J connectivity index is 0.00000400. The van der Waals surface area contributed by atoms with Gasteiger partial charge < -0.3 is 15.8 Å². The topological polar surface area (TPSA) is 64.4 Å². The molecule has 0 fully saturated rings. The molecule has 0 saturated heterocycles. The minimum absolute atomic E-state index is 0. The number of para-hydroxylation sites is 1. The summed E-state index contributed by atoms with van der Waals surface area (Å²) in [7, 11) is 0. The van der Waals surface area contributed by atoms with Gasteiger partial charge in [0.25, 0.3) is 0 Å². The molecular formula is C16H27ClN2O2. The molecule has 1 aromatic rings. The fourth-order valence-corrected chi connectivity index (χ4v) is 2.03. The van der Waals surface area contributed by atoms with Crippen LogP contribution in [0.3, 0.4) is 0 Å². The molecule has 5 heteroatoms. The van der Waals surface area contributed by atoms with Crippen molar-refractivity contribution in [3.05, 3.63) is 29.8 Å². The summed E-state index contributed by atoms with van der Waals surface area (Å²) in [4.78, 5) is 12.1. The van der Waals surface area contributed by atoms with Crippen LogP contribution < -0.4 is 15.8 Å². The molecular weight excluding hydrogens is 288 g/mol. The van der Waals surface area contributed by atoms with E-state index >= 15 is 0 Å². The third kappa shape index (κ3) is 6.36. The Bertz CT molecular complexity index is 448. The number of rotatable bonds is 7. The zero-order valence-corrected chi connectivity index (χ0v) is 14.1. The zero-order valence-electron chi connectivity index (χ0n) is 13.3. The SMILES string of the molecule is CCCC(C)(N)C(=O)NCc1ccccc1OC(C)C.Cl. The van der Waals surface area contributed by atoms with Gasteiger partial charge in [-0.25, -0.2) is 0 Å². The van der Waals surface area contributed by atoms with Crippen LogP contribution in [0, 0.1) is 0 Å². The highest BCUT2D eigenvalue weighted by molar-refractivity contribution is 5.85. The van der Waals surface area contributed by atoms with Gasteiger partial charge in [-0.1, -0.05) is 31.5 Å². The van der Waals surface area contributed by atoms with Crippen molar-refractivity contribution in [3.8, 4) is 5.75 Å². The quantitative estimate of drug-likeness (QED) is 0.813. The van der Waals surface area contributed by atoms with Crippen molar-refractivity contribution in [1.82, 2.24) is 5.32 Å². The highest BCUT2D eigenvalue weighted by Crippen LogP contribution is 2.19. The molecule has 1 rings (SSSR count). The summed E-state index contributed by atoms with van der Waals surface area (Å²) >= 11 is 0. The monoisotopic (exact) mass is 314 g/mol. The third-order valence-electron chi connectivity index (χ3n) is 3.06. The fourth-order valence-electron chi connectivity index (χ4n) is 2.03. The number of hydrogen-bond acceptors (Lipinski definition) is 3. The van der Waals surface area contributed by atoms with Gasteiger partial charge in [0.05, 0.1) is 11.6 Å². The number of nitrogens with two attached hydrogens (primary N) is 1. The Kier molecular flexibility index (Phi) is 8.37. The van der Waals surface area contributed by atoms with Crippen LogP contribution in [-0.4, -0.2) is 17.6 Å². The lowest BCUT2D eigenvalue weighted by molar-refractivity contribution is -0.126. The van der Waals surface area contributed by atoms with E-state index in [1.165, 1.54) is 0 Å². The lowest BCUT2D eigenvalue weighted by atomic mass is 9.96. The van der Waals surface area contributed by atoms with Crippen LogP contribution >= 0.6 is 12.4 Å². The van der Waals surface area contributed by atoms with Crippen LogP contribution in [-0.2, 0) is 11.3 Å². The van der Waals surface area contributed by atoms with Crippen molar-refractivity contribution in [2.24, 2.45) is 5.73 Å². The summed E-state index contributed by atoms with van der Waals surface area (Å²) in [5.74, 6) is 0.677. The first-order valence-electron chi connectivity index (χ1n) is 7.18. The number of halogens is 1. The summed E-state index contributed by atoms with van der Waals surface area (Å²) in [6, 6.07) is 7.72. The number of hydrogen-bond donors (Lipinski definition) is 2. The Morgan fingerprint density at radius 2 is 2.00 bits per heavy atom. The van der Waals surface area contributed by atoms with E-state index in [0.29, 0.717) is 13.0 Å². The average molecular weight is 315 g/mol. The number of carbonyl (C=O) groups excluding carboxylic acids is 1. The number of ether oxygens (including phenoxy) is 1. The van der Waals surface area contributed by atoms with E-state index in [1.807, 2.05) is 45.0 Å². The molecule has 0 heterocycles. The Labute approximate surface area is 133 Å². The minimum atomic E-state index is -0.817. The highest BCUT2D eigenvalue weighted by Gasteiger charge is 2.26. The smallest absolute Gasteiger partial charge is 0.240 e. The second-order valence-corrected chi connectivity index (χ2v) is 5.62. The van der Waals surface area contributed by atoms with Crippen LogP contribution in [0.25, 0.3) is 0 Å². The van der Waals surface area contributed by atoms with Crippen molar-refractivity contribution < 1.29 is 9.53 Å². The van der Waals surface area contributed by atoms with E-state index in [9.17, 15) is 4.79 Å². The molecule has 1 unspecified atom stereocenters. The predicted molar refractivity (Wildman–Crippen MR) is 88.8 cm³/mol. The molecule has 3 N–H and O–H groups in total. The van der Waals surface area contributed by atoms with Crippen molar-refractivity contribution >= 4 is 18.3 Å². The molecule has 21 heavy (non-hydrogen) atoms. The summed E-state index contributed by atoms with van der Waals surface area (Å²) in [5.41, 5.74) is 6.15. The molecule has 0 saturated carbocycles. The molecule has 120 valence electrons. The van der Waals surface area contributed by atoms with E-state index in [-0.39, 0.29) is 24.4 Å². The molecule has 1 atom stereocenters. The molecule has 0 aliphatic heterocycles. The van der Waals surface area contributed by atoms with Crippen molar-refractivity contribution in [1.29, 1.82) is 0 Å². The first kappa shape index (κ1) is 19.7. The normalized spacial score (nSPS) is 13.2. The molecule has 0 spiro atoms. The number of nitrogens with one attached hydrogen (secondary N) is 1.